The summed E-state index contributed by atoms with van der Waals surface area (Å²) < 4.78 is 11.4. The maximum Gasteiger partial charge on any atom is 0.273 e. The van der Waals surface area contributed by atoms with Crippen molar-refractivity contribution in [2.45, 2.75) is 20.5 Å². The first kappa shape index (κ1) is 20.9. The topological polar surface area (TPSA) is 85.9 Å². The maximum atomic E-state index is 12.2. The lowest BCUT2D eigenvalue weighted by Gasteiger charge is -2.13. The van der Waals surface area contributed by atoms with E-state index >= 15 is 0 Å². The second-order valence-electron chi connectivity index (χ2n) is 6.92. The van der Waals surface area contributed by atoms with Crippen LogP contribution in [0.4, 0.5) is 5.69 Å². The zero-order chi connectivity index (χ0) is 21.5. The quantitative estimate of drug-likeness (QED) is 0.351. The molecule has 0 spiro atoms. The molecule has 0 saturated heterocycles. The SMILES string of the molecule is COc1cc(/C=N\NC(=O)c2ccccc2N)ccc1OCc1cc(C)ccc1C. The highest BCUT2D eigenvalue weighted by molar-refractivity contribution is 5.99. The van der Waals surface area contributed by atoms with Crippen LogP contribution in [0.1, 0.15) is 32.6 Å². The smallest absolute Gasteiger partial charge is 0.273 e. The number of nitrogens with zero attached hydrogens (tertiary/aromatic N) is 1. The number of benzene rings is 3. The molecule has 0 aliphatic rings. The van der Waals surface area contributed by atoms with E-state index in [-0.39, 0.29) is 5.91 Å². The molecule has 0 atom stereocenters. The van der Waals surface area contributed by atoms with Gasteiger partial charge in [-0.15, -0.1) is 0 Å². The molecule has 30 heavy (non-hydrogen) atoms. The number of nitrogens with two attached hydrogens (primary N) is 1. The van der Waals surface area contributed by atoms with Gasteiger partial charge in [0.1, 0.15) is 6.61 Å². The number of rotatable bonds is 7. The van der Waals surface area contributed by atoms with Gasteiger partial charge in [-0.25, -0.2) is 5.43 Å². The minimum absolute atomic E-state index is 0.371. The molecule has 6 nitrogen and oxygen atoms in total. The first-order chi connectivity index (χ1) is 14.5. The van der Waals surface area contributed by atoms with Crippen molar-refractivity contribution in [2.24, 2.45) is 5.10 Å². The fourth-order valence-corrected chi connectivity index (χ4v) is 2.92. The number of hydrogen-bond acceptors (Lipinski definition) is 5. The molecule has 0 radical (unpaired) electrons. The van der Waals surface area contributed by atoms with Crippen LogP contribution in [0, 0.1) is 13.8 Å². The largest absolute Gasteiger partial charge is 0.493 e. The highest BCUT2D eigenvalue weighted by Gasteiger charge is 2.09. The van der Waals surface area contributed by atoms with Crippen molar-refractivity contribution < 1.29 is 14.3 Å². The van der Waals surface area contributed by atoms with Gasteiger partial charge in [-0.05, 0) is 60.9 Å². The van der Waals surface area contributed by atoms with Gasteiger partial charge in [-0.1, -0.05) is 35.9 Å². The number of carbonyl (C=O) groups is 1. The molecular formula is C24H25N3O3. The van der Waals surface area contributed by atoms with E-state index in [1.54, 1.807) is 37.4 Å². The standard InChI is InChI=1S/C24H25N3O3/c1-16-8-9-17(2)19(12-16)15-30-22-11-10-18(13-23(22)29-3)14-26-27-24(28)20-6-4-5-7-21(20)25/h4-14H,15,25H2,1-3H3,(H,27,28)/b26-14-. The molecule has 0 saturated carbocycles. The second kappa shape index (κ2) is 9.60. The van der Waals surface area contributed by atoms with Gasteiger partial charge in [0.05, 0.1) is 18.9 Å². The number of amides is 1. The number of nitrogens with one attached hydrogen (secondary N) is 1. The number of anilines is 1. The molecule has 0 aromatic heterocycles. The van der Waals surface area contributed by atoms with Crippen LogP contribution in [0.25, 0.3) is 0 Å². The Kier molecular flexibility index (Phi) is 6.70. The Bertz CT molecular complexity index is 1080. The van der Waals surface area contributed by atoms with Crippen LogP contribution in [0.5, 0.6) is 11.5 Å². The van der Waals surface area contributed by atoms with Gasteiger partial charge in [0.25, 0.3) is 5.91 Å². The monoisotopic (exact) mass is 403 g/mol. The van der Waals surface area contributed by atoms with E-state index in [4.69, 9.17) is 15.2 Å². The number of methoxy groups -OCH3 is 1. The summed E-state index contributed by atoms with van der Waals surface area (Å²) in [6, 6.07) is 18.6. The summed E-state index contributed by atoms with van der Waals surface area (Å²) in [5.74, 6) is 0.851. The zero-order valence-electron chi connectivity index (χ0n) is 17.3. The van der Waals surface area contributed by atoms with Crippen LogP contribution in [-0.4, -0.2) is 19.2 Å². The van der Waals surface area contributed by atoms with Crippen molar-refractivity contribution in [3.05, 3.63) is 88.5 Å². The van der Waals surface area contributed by atoms with Gasteiger partial charge in [-0.3, -0.25) is 4.79 Å². The van der Waals surface area contributed by atoms with Gasteiger partial charge >= 0.3 is 0 Å². The highest BCUT2D eigenvalue weighted by atomic mass is 16.5. The molecule has 3 rings (SSSR count). The average molecular weight is 403 g/mol. The van der Waals surface area contributed by atoms with Crippen molar-refractivity contribution in [1.29, 1.82) is 0 Å². The predicted molar refractivity (Wildman–Crippen MR) is 119 cm³/mol. The first-order valence-electron chi connectivity index (χ1n) is 9.53. The fraction of sp³-hybridized carbons (Fsp3) is 0.167. The second-order valence-corrected chi connectivity index (χ2v) is 6.92. The Balaban J connectivity index is 1.66. The summed E-state index contributed by atoms with van der Waals surface area (Å²) >= 11 is 0. The lowest BCUT2D eigenvalue weighted by atomic mass is 10.1. The van der Waals surface area contributed by atoms with Crippen LogP contribution in [0.3, 0.4) is 0 Å². The molecule has 6 heteroatoms. The van der Waals surface area contributed by atoms with Gasteiger partial charge in [0, 0.05) is 5.69 Å². The lowest BCUT2D eigenvalue weighted by Crippen LogP contribution is -2.19. The summed E-state index contributed by atoms with van der Waals surface area (Å²) in [6.45, 7) is 4.57. The summed E-state index contributed by atoms with van der Waals surface area (Å²) in [6.07, 6.45) is 1.54. The Hall–Kier alpha value is -3.80. The summed E-state index contributed by atoms with van der Waals surface area (Å²) in [4.78, 5) is 12.2. The molecule has 0 heterocycles. The van der Waals surface area contributed by atoms with Crippen LogP contribution >= 0.6 is 0 Å². The third kappa shape index (κ3) is 5.17. The molecule has 3 aromatic carbocycles. The Morgan fingerprint density at radius 2 is 1.87 bits per heavy atom. The number of carbonyl (C=O) groups excluding carboxylic acids is 1. The molecule has 154 valence electrons. The fourth-order valence-electron chi connectivity index (χ4n) is 2.92. The molecule has 0 unspecified atom stereocenters. The van der Waals surface area contributed by atoms with E-state index in [2.05, 4.69) is 42.6 Å². The lowest BCUT2D eigenvalue weighted by molar-refractivity contribution is 0.0956. The van der Waals surface area contributed by atoms with E-state index in [9.17, 15) is 4.79 Å². The average Bonchev–Trinajstić information content (AvgIpc) is 2.75. The zero-order valence-corrected chi connectivity index (χ0v) is 17.3. The van der Waals surface area contributed by atoms with E-state index in [1.165, 1.54) is 17.3 Å². The van der Waals surface area contributed by atoms with E-state index in [1.807, 2.05) is 12.1 Å². The van der Waals surface area contributed by atoms with Gasteiger partial charge < -0.3 is 15.2 Å². The molecule has 3 aromatic rings. The Morgan fingerprint density at radius 3 is 2.63 bits per heavy atom. The van der Waals surface area contributed by atoms with Gasteiger partial charge in [-0.2, -0.15) is 5.10 Å². The highest BCUT2D eigenvalue weighted by Crippen LogP contribution is 2.28. The number of para-hydroxylation sites is 1. The number of ether oxygens (including phenoxy) is 2. The molecule has 0 aliphatic heterocycles. The Labute approximate surface area is 176 Å². The molecule has 0 aliphatic carbocycles. The van der Waals surface area contributed by atoms with E-state index in [0.717, 1.165) is 11.1 Å². The third-order valence-corrected chi connectivity index (χ3v) is 4.66. The first-order valence-corrected chi connectivity index (χ1v) is 9.53. The molecule has 0 fully saturated rings. The van der Waals surface area contributed by atoms with Crippen molar-refractivity contribution in [2.75, 3.05) is 12.8 Å². The summed E-state index contributed by atoms with van der Waals surface area (Å²) in [7, 11) is 1.58. The van der Waals surface area contributed by atoms with E-state index in [0.29, 0.717) is 29.4 Å². The summed E-state index contributed by atoms with van der Waals surface area (Å²) in [5, 5.41) is 4.00. The number of aryl methyl sites for hydroxylation is 2. The molecule has 3 N–H and O–H groups in total. The normalized spacial score (nSPS) is 10.8. The minimum atomic E-state index is -0.371. The molecule has 1 amide bonds. The maximum absolute atomic E-state index is 12.2. The third-order valence-electron chi connectivity index (χ3n) is 4.66. The number of nitrogen functional groups attached to an aromatic ring is 1. The van der Waals surface area contributed by atoms with Crippen molar-refractivity contribution in [3.63, 3.8) is 0 Å². The summed E-state index contributed by atoms with van der Waals surface area (Å²) in [5.41, 5.74) is 13.3. The van der Waals surface area contributed by atoms with Gasteiger partial charge in [0.15, 0.2) is 11.5 Å². The molecular weight excluding hydrogens is 378 g/mol. The van der Waals surface area contributed by atoms with Crippen LogP contribution in [-0.2, 0) is 6.61 Å². The van der Waals surface area contributed by atoms with Crippen molar-refractivity contribution in [3.8, 4) is 11.5 Å². The minimum Gasteiger partial charge on any atom is -0.493 e. The van der Waals surface area contributed by atoms with Crippen LogP contribution in [0.2, 0.25) is 0 Å². The molecule has 0 bridgehead atoms. The predicted octanol–water partition coefficient (Wildman–Crippen LogP) is 4.24. The van der Waals surface area contributed by atoms with Gasteiger partial charge in [0.2, 0.25) is 0 Å². The number of hydrazone groups is 1. The van der Waals surface area contributed by atoms with Crippen LogP contribution in [0.15, 0.2) is 65.8 Å². The van der Waals surface area contributed by atoms with Crippen LogP contribution < -0.4 is 20.6 Å². The van der Waals surface area contributed by atoms with Crippen molar-refractivity contribution >= 4 is 17.8 Å². The number of hydrogen-bond donors (Lipinski definition) is 2. The van der Waals surface area contributed by atoms with E-state index < -0.39 is 0 Å². The Morgan fingerprint density at radius 1 is 1.07 bits per heavy atom. The van der Waals surface area contributed by atoms with Crippen molar-refractivity contribution in [1.82, 2.24) is 5.43 Å².